The van der Waals surface area contributed by atoms with Gasteiger partial charge in [-0.1, -0.05) is 30.3 Å². The summed E-state index contributed by atoms with van der Waals surface area (Å²) < 4.78 is 8.04. The summed E-state index contributed by atoms with van der Waals surface area (Å²) in [4.78, 5) is 12.2. The van der Waals surface area contributed by atoms with Gasteiger partial charge in [0.1, 0.15) is 5.75 Å². The highest BCUT2D eigenvalue weighted by Crippen LogP contribution is 2.38. The van der Waals surface area contributed by atoms with Crippen molar-refractivity contribution < 1.29 is 14.6 Å². The molecule has 0 spiro atoms. The minimum atomic E-state index is -0.549. The van der Waals surface area contributed by atoms with E-state index in [1.807, 2.05) is 50.2 Å². The zero-order valence-corrected chi connectivity index (χ0v) is 17.2. The zero-order chi connectivity index (χ0) is 20.3. The van der Waals surface area contributed by atoms with Gasteiger partial charge in [0, 0.05) is 11.9 Å². The van der Waals surface area contributed by atoms with Gasteiger partial charge in [-0.15, -0.1) is 16.8 Å². The molecule has 0 bridgehead atoms. The summed E-state index contributed by atoms with van der Waals surface area (Å²) in [7, 11) is 0. The molecule has 0 radical (unpaired) electrons. The van der Waals surface area contributed by atoms with Crippen LogP contribution in [0.15, 0.2) is 63.8 Å². The van der Waals surface area contributed by atoms with Crippen LogP contribution < -0.4 is 4.74 Å². The molecular weight excluding hydrogens is 422 g/mol. The molecule has 1 heterocycles. The van der Waals surface area contributed by atoms with Crippen molar-refractivity contribution in [3.8, 4) is 11.6 Å². The Morgan fingerprint density at radius 1 is 1.32 bits per heavy atom. The number of hydrogen-bond donors (Lipinski definition) is 1. The van der Waals surface area contributed by atoms with Crippen LogP contribution in [-0.4, -0.2) is 22.2 Å². The Morgan fingerprint density at radius 2 is 2.07 bits per heavy atom. The van der Waals surface area contributed by atoms with Crippen LogP contribution in [0, 0.1) is 13.8 Å². The second kappa shape index (κ2) is 8.39. The molecule has 1 aromatic heterocycles. The lowest BCUT2D eigenvalue weighted by atomic mass is 10.1. The third-order valence-electron chi connectivity index (χ3n) is 4.20. The number of aromatic hydroxyl groups is 1. The maximum Gasteiger partial charge on any atom is 0.302 e. The average molecular weight is 442 g/mol. The maximum atomic E-state index is 12.2. The first-order valence-corrected chi connectivity index (χ1v) is 9.47. The lowest BCUT2D eigenvalue weighted by Gasteiger charge is -2.10. The maximum absolute atomic E-state index is 12.2. The van der Waals surface area contributed by atoms with Gasteiger partial charge in [0.2, 0.25) is 5.88 Å². The number of aryl methyl sites for hydroxylation is 2. The van der Waals surface area contributed by atoms with E-state index in [4.69, 9.17) is 4.74 Å². The van der Waals surface area contributed by atoms with E-state index >= 15 is 0 Å². The van der Waals surface area contributed by atoms with E-state index < -0.39 is 5.91 Å². The van der Waals surface area contributed by atoms with Crippen LogP contribution in [0.1, 0.15) is 11.1 Å². The molecule has 0 aliphatic rings. The number of nitrogens with zero attached hydrogens (tertiary/aromatic N) is 3. The predicted octanol–water partition coefficient (Wildman–Crippen LogP) is 5.60. The number of hydrogen-bond acceptors (Lipinski definition) is 4. The molecule has 3 rings (SSSR count). The Bertz CT molecular complexity index is 1060. The summed E-state index contributed by atoms with van der Waals surface area (Å²) >= 11 is 3.44. The van der Waals surface area contributed by atoms with Gasteiger partial charge in [0.05, 0.1) is 9.99 Å². The Morgan fingerprint density at radius 3 is 2.79 bits per heavy atom. The Kier molecular flexibility index (Phi) is 5.94. The first kappa shape index (κ1) is 19.8. The van der Waals surface area contributed by atoms with Gasteiger partial charge in [0.15, 0.2) is 12.3 Å². The molecule has 0 unspecified atom stereocenters. The Labute approximate surface area is 171 Å². The van der Waals surface area contributed by atoms with Crippen molar-refractivity contribution in [3.63, 3.8) is 0 Å². The van der Waals surface area contributed by atoms with Gasteiger partial charge in [-0.25, -0.2) is 0 Å². The fourth-order valence-corrected chi connectivity index (χ4v) is 3.83. The van der Waals surface area contributed by atoms with Gasteiger partial charge >= 0.3 is 5.91 Å². The van der Waals surface area contributed by atoms with E-state index in [0.29, 0.717) is 17.7 Å². The van der Waals surface area contributed by atoms with Crippen molar-refractivity contribution >= 4 is 38.4 Å². The summed E-state index contributed by atoms with van der Waals surface area (Å²) in [5, 5.41) is 18.9. The number of azo groups is 1. The Balaban J connectivity index is 1.80. The summed E-state index contributed by atoms with van der Waals surface area (Å²) in [5.41, 5.74) is 3.05. The van der Waals surface area contributed by atoms with Crippen LogP contribution in [0.2, 0.25) is 0 Å². The number of ether oxygens (including phenoxy) is 1. The van der Waals surface area contributed by atoms with Gasteiger partial charge in [-0.05, 0) is 53.0 Å². The largest absolute Gasteiger partial charge is 0.493 e. The number of para-hydroxylation sites is 1. The van der Waals surface area contributed by atoms with Crippen LogP contribution >= 0.6 is 15.9 Å². The van der Waals surface area contributed by atoms with Crippen LogP contribution in [0.25, 0.3) is 10.9 Å². The van der Waals surface area contributed by atoms with Crippen molar-refractivity contribution in [2.75, 3.05) is 6.61 Å². The minimum absolute atomic E-state index is 0.0595. The highest BCUT2D eigenvalue weighted by atomic mass is 79.9. The van der Waals surface area contributed by atoms with E-state index in [9.17, 15) is 9.90 Å². The molecule has 1 amide bonds. The van der Waals surface area contributed by atoms with Gasteiger partial charge in [0.25, 0.3) is 0 Å². The fraction of sp³-hybridized carbons (Fsp3) is 0.190. The normalized spacial score (nSPS) is 11.2. The van der Waals surface area contributed by atoms with Gasteiger partial charge in [-0.3, -0.25) is 4.79 Å². The molecule has 0 saturated heterocycles. The first-order valence-electron chi connectivity index (χ1n) is 8.67. The van der Waals surface area contributed by atoms with Crippen LogP contribution in [0.5, 0.6) is 11.6 Å². The lowest BCUT2D eigenvalue weighted by molar-refractivity contribution is -0.120. The van der Waals surface area contributed by atoms with Crippen LogP contribution in [-0.2, 0) is 11.3 Å². The number of carbonyl (C=O) groups is 1. The molecule has 0 atom stereocenters. The molecule has 7 heteroatoms. The Hall–Kier alpha value is -2.93. The number of fused-ring (bicyclic) bond motifs is 1. The van der Waals surface area contributed by atoms with Crippen molar-refractivity contribution in [2.24, 2.45) is 10.2 Å². The molecule has 3 aromatic rings. The zero-order valence-electron chi connectivity index (χ0n) is 15.6. The number of carbonyl (C=O) groups excluding carboxylic acids is 1. The summed E-state index contributed by atoms with van der Waals surface area (Å²) in [6.45, 7) is 7.75. The number of rotatable bonds is 6. The smallest absolute Gasteiger partial charge is 0.302 e. The van der Waals surface area contributed by atoms with Gasteiger partial charge in [-0.2, -0.15) is 0 Å². The molecule has 2 aromatic carbocycles. The van der Waals surface area contributed by atoms with Crippen molar-refractivity contribution in [3.05, 3.63) is 64.7 Å². The van der Waals surface area contributed by atoms with Crippen LogP contribution in [0.4, 0.5) is 5.69 Å². The molecule has 0 aliphatic carbocycles. The molecule has 0 aliphatic heterocycles. The van der Waals surface area contributed by atoms with Crippen molar-refractivity contribution in [1.29, 1.82) is 0 Å². The third-order valence-corrected chi connectivity index (χ3v) is 4.79. The molecular formula is C21H20BrN3O3. The van der Waals surface area contributed by atoms with Gasteiger partial charge < -0.3 is 14.4 Å². The highest BCUT2D eigenvalue weighted by Gasteiger charge is 2.16. The van der Waals surface area contributed by atoms with E-state index in [1.54, 1.807) is 10.6 Å². The molecule has 0 saturated carbocycles. The minimum Gasteiger partial charge on any atom is -0.493 e. The summed E-state index contributed by atoms with van der Waals surface area (Å²) in [5.74, 6) is -0.0119. The second-order valence-corrected chi connectivity index (χ2v) is 7.22. The number of allylic oxidation sites excluding steroid dienone is 1. The molecule has 144 valence electrons. The molecule has 28 heavy (non-hydrogen) atoms. The molecule has 6 nitrogen and oxygen atoms in total. The quantitative estimate of drug-likeness (QED) is 0.399. The number of benzene rings is 2. The second-order valence-electron chi connectivity index (χ2n) is 6.36. The number of aromatic nitrogens is 1. The monoisotopic (exact) mass is 441 g/mol. The van der Waals surface area contributed by atoms with Crippen molar-refractivity contribution in [2.45, 2.75) is 20.4 Å². The summed E-state index contributed by atoms with van der Waals surface area (Å²) in [6.07, 6.45) is 1.67. The fourth-order valence-electron chi connectivity index (χ4n) is 3.04. The van der Waals surface area contributed by atoms with E-state index in [2.05, 4.69) is 32.7 Å². The number of halogens is 1. The molecule has 1 N–H and O–H groups in total. The number of amides is 1. The van der Waals surface area contributed by atoms with Crippen molar-refractivity contribution in [1.82, 2.24) is 4.57 Å². The highest BCUT2D eigenvalue weighted by molar-refractivity contribution is 9.10. The topological polar surface area (TPSA) is 76.2 Å². The SMILES string of the molecule is C=CCn1c(O)c(N=NC(=O)COc2c(C)cc(C)cc2Br)c2ccccc21. The summed E-state index contributed by atoms with van der Waals surface area (Å²) in [6, 6.07) is 11.3. The first-order chi connectivity index (χ1) is 13.4. The van der Waals surface area contributed by atoms with E-state index in [-0.39, 0.29) is 18.2 Å². The lowest BCUT2D eigenvalue weighted by Crippen LogP contribution is -2.09. The van der Waals surface area contributed by atoms with E-state index in [0.717, 1.165) is 21.1 Å². The van der Waals surface area contributed by atoms with Crippen LogP contribution in [0.3, 0.4) is 0 Å². The standard InChI is InChI=1S/C21H20BrN3O3/c1-4-9-25-17-8-6-5-7-15(17)19(21(25)27)24-23-18(26)12-28-20-14(3)10-13(2)11-16(20)22/h4-8,10-11,27H,1,9,12H2,2-3H3. The van der Waals surface area contributed by atoms with E-state index in [1.165, 1.54) is 0 Å². The molecule has 0 fully saturated rings. The average Bonchev–Trinajstić information content (AvgIpc) is 2.91. The predicted molar refractivity (Wildman–Crippen MR) is 112 cm³/mol. The third kappa shape index (κ3) is 3.99.